The van der Waals surface area contributed by atoms with Crippen molar-refractivity contribution < 1.29 is 9.66 Å². The van der Waals surface area contributed by atoms with Gasteiger partial charge in [-0.25, -0.2) is 0 Å². The molecule has 0 radical (unpaired) electrons. The van der Waals surface area contributed by atoms with Gasteiger partial charge in [0.2, 0.25) is 0 Å². The Bertz CT molecular complexity index is 1230. The first kappa shape index (κ1) is 28.6. The molecule has 0 aromatic heterocycles. The zero-order valence-corrected chi connectivity index (χ0v) is 23.5. The molecule has 36 heavy (non-hydrogen) atoms. The van der Waals surface area contributed by atoms with Crippen LogP contribution in [-0.2, 0) is 17.9 Å². The van der Waals surface area contributed by atoms with Crippen molar-refractivity contribution >= 4 is 69.1 Å². The Kier molecular flexibility index (Phi) is 10.3. The Hall–Kier alpha value is -2.00. The molecule has 0 spiro atoms. The second-order valence-electron chi connectivity index (χ2n) is 7.98. The van der Waals surface area contributed by atoms with Gasteiger partial charge < -0.3 is 14.5 Å². The molecule has 1 aliphatic rings. The second kappa shape index (κ2) is 13.0. The van der Waals surface area contributed by atoms with Crippen LogP contribution in [-0.4, -0.2) is 26.9 Å². The number of halogens is 5. The number of ether oxygens (including phenoxy) is 1. The molecule has 0 aliphatic carbocycles. The van der Waals surface area contributed by atoms with Crippen LogP contribution in [0.4, 0.5) is 5.69 Å². The first-order valence-electron chi connectivity index (χ1n) is 10.7. The number of benzene rings is 3. The molecule has 0 saturated heterocycles. The zero-order valence-electron chi connectivity index (χ0n) is 18.8. The van der Waals surface area contributed by atoms with Gasteiger partial charge in [0.05, 0.1) is 24.7 Å². The molecule has 4 rings (SSSR count). The second-order valence-corrected chi connectivity index (χ2v) is 9.71. The summed E-state index contributed by atoms with van der Waals surface area (Å²) in [4.78, 5) is 14.9. The minimum atomic E-state index is -0.575. The van der Waals surface area contributed by atoms with Gasteiger partial charge in [-0.15, -0.1) is 17.0 Å². The Labute approximate surface area is 239 Å². The van der Waals surface area contributed by atoms with Gasteiger partial charge in [-0.05, 0) is 35.4 Å². The van der Waals surface area contributed by atoms with Gasteiger partial charge in [0.1, 0.15) is 11.6 Å². The summed E-state index contributed by atoms with van der Waals surface area (Å²) in [5, 5.41) is 13.0. The van der Waals surface area contributed by atoms with Crippen LogP contribution in [0.2, 0.25) is 15.1 Å². The van der Waals surface area contributed by atoms with Crippen molar-refractivity contribution in [2.45, 2.75) is 24.8 Å². The minimum Gasteiger partial charge on any atom is -0.365 e. The Morgan fingerprint density at radius 1 is 0.944 bits per heavy atom. The highest BCUT2D eigenvalue weighted by Gasteiger charge is 2.30. The molecule has 3 aromatic rings. The van der Waals surface area contributed by atoms with Crippen LogP contribution >= 0.6 is 63.4 Å². The predicted octanol–water partition coefficient (Wildman–Crippen LogP) is 8.20. The first-order chi connectivity index (χ1) is 16.8. The number of nitro groups is 1. The van der Waals surface area contributed by atoms with Crippen molar-refractivity contribution in [3.8, 4) is 0 Å². The third kappa shape index (κ3) is 7.06. The summed E-state index contributed by atoms with van der Waals surface area (Å²) in [5.74, 6) is 0. The summed E-state index contributed by atoms with van der Waals surface area (Å²) in [6.07, 6.45) is 3.20. The average molecular weight is 634 g/mol. The lowest BCUT2D eigenvalue weighted by molar-refractivity contribution is -0.385. The summed E-state index contributed by atoms with van der Waals surface area (Å²) in [5.41, 5.74) is 1.77. The summed E-state index contributed by atoms with van der Waals surface area (Å²) in [6, 6.07) is 19.3. The fourth-order valence-corrected chi connectivity index (χ4v) is 4.70. The van der Waals surface area contributed by atoms with Crippen molar-refractivity contribution in [1.29, 1.82) is 0 Å². The summed E-state index contributed by atoms with van der Waals surface area (Å²) >= 11 is 25.4. The SMILES string of the molecule is Br.O=[N+]([O-])c1ccccc1CN1C=CN(C(Cl)C(OCc2ccc(Cl)cc2Cl)c2ccc(Cl)cc2)C1. The van der Waals surface area contributed by atoms with Gasteiger partial charge in [-0.2, -0.15) is 0 Å². The lowest BCUT2D eigenvalue weighted by Gasteiger charge is -2.31. The smallest absolute Gasteiger partial charge is 0.274 e. The lowest BCUT2D eigenvalue weighted by atomic mass is 10.1. The highest BCUT2D eigenvalue weighted by Crippen LogP contribution is 2.33. The van der Waals surface area contributed by atoms with Crippen LogP contribution in [0.5, 0.6) is 0 Å². The van der Waals surface area contributed by atoms with Crippen LogP contribution in [0, 0.1) is 10.1 Å². The Morgan fingerprint density at radius 2 is 1.64 bits per heavy atom. The summed E-state index contributed by atoms with van der Waals surface area (Å²) in [7, 11) is 0. The van der Waals surface area contributed by atoms with E-state index in [9.17, 15) is 10.1 Å². The predicted molar refractivity (Wildman–Crippen MR) is 150 cm³/mol. The fraction of sp³-hybridized carbons (Fsp3) is 0.200. The van der Waals surface area contributed by atoms with Gasteiger partial charge in [0.25, 0.3) is 5.69 Å². The van der Waals surface area contributed by atoms with Gasteiger partial charge in [0, 0.05) is 39.1 Å². The van der Waals surface area contributed by atoms with Crippen LogP contribution in [0.25, 0.3) is 0 Å². The monoisotopic (exact) mass is 631 g/mol. The van der Waals surface area contributed by atoms with E-state index in [1.807, 2.05) is 40.4 Å². The molecule has 0 amide bonds. The molecule has 1 aliphatic heterocycles. The molecule has 6 nitrogen and oxygen atoms in total. The summed E-state index contributed by atoms with van der Waals surface area (Å²) < 4.78 is 6.27. The molecule has 2 atom stereocenters. The Balaban J connectivity index is 0.00000361. The van der Waals surface area contributed by atoms with Crippen molar-refractivity contribution in [2.75, 3.05) is 6.67 Å². The number of alkyl halides is 1. The lowest BCUT2D eigenvalue weighted by Crippen LogP contribution is -2.35. The van der Waals surface area contributed by atoms with Gasteiger partial charge in [-0.1, -0.05) is 82.8 Å². The van der Waals surface area contributed by atoms with Crippen molar-refractivity contribution in [3.05, 3.63) is 121 Å². The maximum atomic E-state index is 11.4. The van der Waals surface area contributed by atoms with Gasteiger partial charge in [-0.3, -0.25) is 10.1 Å². The average Bonchev–Trinajstić information content (AvgIpc) is 3.30. The van der Waals surface area contributed by atoms with Crippen LogP contribution < -0.4 is 0 Å². The van der Waals surface area contributed by atoms with E-state index in [1.54, 1.807) is 42.5 Å². The number of rotatable bonds is 9. The molecular weight excluding hydrogens is 612 g/mol. The molecule has 0 bridgehead atoms. The van der Waals surface area contributed by atoms with E-state index in [4.69, 9.17) is 51.1 Å². The molecule has 0 fully saturated rings. The van der Waals surface area contributed by atoms with Crippen LogP contribution in [0.3, 0.4) is 0 Å². The Morgan fingerprint density at radius 3 is 2.33 bits per heavy atom. The van der Waals surface area contributed by atoms with E-state index >= 15 is 0 Å². The van der Waals surface area contributed by atoms with Crippen molar-refractivity contribution in [2.24, 2.45) is 0 Å². The molecule has 1 heterocycles. The first-order valence-corrected chi connectivity index (χ1v) is 12.2. The molecule has 11 heteroatoms. The molecule has 0 saturated carbocycles. The van der Waals surface area contributed by atoms with Crippen molar-refractivity contribution in [1.82, 2.24) is 9.80 Å². The topological polar surface area (TPSA) is 58.9 Å². The van der Waals surface area contributed by atoms with E-state index in [0.29, 0.717) is 33.8 Å². The molecule has 190 valence electrons. The zero-order chi connectivity index (χ0) is 24.9. The minimum absolute atomic E-state index is 0. The highest BCUT2D eigenvalue weighted by molar-refractivity contribution is 8.93. The van der Waals surface area contributed by atoms with E-state index in [-0.39, 0.29) is 34.2 Å². The maximum absolute atomic E-state index is 11.4. The number of nitro benzene ring substituents is 1. The third-order valence-electron chi connectivity index (χ3n) is 5.57. The number of para-hydroxylation sites is 1. The molecular formula is C25H22BrCl4N3O3. The van der Waals surface area contributed by atoms with Gasteiger partial charge in [0.15, 0.2) is 0 Å². The standard InChI is InChI=1S/C25H21Cl4N3O3.BrH/c26-20-8-5-17(6-9-20)24(35-15-19-7-10-21(27)13-22(19)28)25(29)31-12-11-30(16-31)14-18-3-1-2-4-23(18)32(33)34;/h1-13,24-25H,14-16H2;1H. The third-order valence-corrected chi connectivity index (χ3v) is 6.89. The van der Waals surface area contributed by atoms with Gasteiger partial charge >= 0.3 is 0 Å². The molecule has 3 aromatic carbocycles. The number of hydrogen-bond donors (Lipinski definition) is 0. The summed E-state index contributed by atoms with van der Waals surface area (Å²) in [6.45, 7) is 1.04. The normalized spacial score (nSPS) is 14.4. The van der Waals surface area contributed by atoms with Crippen LogP contribution in [0.1, 0.15) is 22.8 Å². The number of hydrogen-bond acceptors (Lipinski definition) is 5. The van der Waals surface area contributed by atoms with E-state index in [0.717, 1.165) is 11.1 Å². The quantitative estimate of drug-likeness (QED) is 0.103. The highest BCUT2D eigenvalue weighted by atomic mass is 79.9. The van der Waals surface area contributed by atoms with E-state index < -0.39 is 11.6 Å². The van der Waals surface area contributed by atoms with Crippen molar-refractivity contribution in [3.63, 3.8) is 0 Å². The largest absolute Gasteiger partial charge is 0.365 e. The van der Waals surface area contributed by atoms with E-state index in [2.05, 4.69) is 0 Å². The van der Waals surface area contributed by atoms with Crippen LogP contribution in [0.15, 0.2) is 79.1 Å². The molecule has 2 unspecified atom stereocenters. The fourth-order valence-electron chi connectivity index (χ4n) is 3.77. The van der Waals surface area contributed by atoms with E-state index in [1.165, 1.54) is 6.07 Å². The molecule has 0 N–H and O–H groups in total. The maximum Gasteiger partial charge on any atom is 0.274 e. The number of nitrogens with zero attached hydrogens (tertiary/aromatic N) is 3.